The average molecular weight is 351 g/mol. The highest BCUT2D eigenvalue weighted by molar-refractivity contribution is 5.04. The lowest BCUT2D eigenvalue weighted by Crippen LogP contribution is -2.45. The van der Waals surface area contributed by atoms with Crippen LogP contribution < -0.4 is 0 Å². The standard InChI is InChI=1S/C23H42O2/c1-19(2)11-8-12-20(3)13-9-14-21(4)15-10-16-23(7)24-17-22(5,6)18-25-23/h13,15,19H,8-12,14,16-18H2,1-7H3/b20-13+,21-15+. The zero-order valence-corrected chi connectivity index (χ0v) is 17.9. The quantitative estimate of drug-likeness (QED) is 0.393. The number of allylic oxidation sites excluding steroid dienone is 4. The van der Waals surface area contributed by atoms with Crippen LogP contribution in [0.15, 0.2) is 23.3 Å². The molecule has 1 saturated heterocycles. The Labute approximate surface area is 157 Å². The number of rotatable bonds is 10. The fourth-order valence-electron chi connectivity index (χ4n) is 3.04. The van der Waals surface area contributed by atoms with Crippen LogP contribution in [-0.4, -0.2) is 19.0 Å². The van der Waals surface area contributed by atoms with Gasteiger partial charge in [0.1, 0.15) is 0 Å². The molecule has 0 amide bonds. The largest absolute Gasteiger partial charge is 0.350 e. The molecule has 0 bridgehead atoms. The Kier molecular flexibility index (Phi) is 9.45. The third-order valence-corrected chi connectivity index (χ3v) is 5.01. The first kappa shape index (κ1) is 22.4. The van der Waals surface area contributed by atoms with E-state index in [0.717, 1.165) is 44.8 Å². The SMILES string of the molecule is C/C(=C\CCC1(C)OCC(C)(C)CO1)CC/C=C(\C)CCCC(C)C. The molecule has 0 N–H and O–H groups in total. The first-order valence-electron chi connectivity index (χ1n) is 10.2. The van der Waals surface area contributed by atoms with Crippen LogP contribution in [0.3, 0.4) is 0 Å². The lowest BCUT2D eigenvalue weighted by atomic mass is 9.94. The van der Waals surface area contributed by atoms with E-state index in [0.29, 0.717) is 0 Å². The van der Waals surface area contributed by atoms with Crippen molar-refractivity contribution in [3.8, 4) is 0 Å². The Morgan fingerprint density at radius 1 is 0.920 bits per heavy atom. The second-order valence-electron chi connectivity index (χ2n) is 9.34. The van der Waals surface area contributed by atoms with Crippen molar-refractivity contribution < 1.29 is 9.47 Å². The molecule has 25 heavy (non-hydrogen) atoms. The van der Waals surface area contributed by atoms with Crippen molar-refractivity contribution in [3.05, 3.63) is 23.3 Å². The van der Waals surface area contributed by atoms with E-state index in [-0.39, 0.29) is 5.41 Å². The van der Waals surface area contributed by atoms with Crippen LogP contribution in [0.1, 0.15) is 93.4 Å². The van der Waals surface area contributed by atoms with E-state index in [1.54, 1.807) is 5.57 Å². The van der Waals surface area contributed by atoms with Crippen LogP contribution in [0.5, 0.6) is 0 Å². The third kappa shape index (κ3) is 10.2. The molecule has 0 spiro atoms. The zero-order chi connectivity index (χ0) is 18.9. The normalized spacial score (nSPS) is 21.0. The summed E-state index contributed by atoms with van der Waals surface area (Å²) in [4.78, 5) is 0. The van der Waals surface area contributed by atoms with E-state index in [2.05, 4.69) is 60.6 Å². The van der Waals surface area contributed by atoms with Gasteiger partial charge in [0, 0.05) is 11.8 Å². The predicted molar refractivity (Wildman–Crippen MR) is 109 cm³/mol. The molecule has 1 aliphatic heterocycles. The second-order valence-corrected chi connectivity index (χ2v) is 9.34. The molecule has 1 aliphatic rings. The van der Waals surface area contributed by atoms with Gasteiger partial charge in [-0.1, -0.05) is 57.4 Å². The van der Waals surface area contributed by atoms with Crippen LogP contribution in [0.2, 0.25) is 0 Å². The maximum atomic E-state index is 5.97. The van der Waals surface area contributed by atoms with Crippen molar-refractivity contribution in [2.24, 2.45) is 11.3 Å². The minimum absolute atomic E-state index is 0.143. The van der Waals surface area contributed by atoms with Crippen LogP contribution >= 0.6 is 0 Å². The molecule has 1 rings (SSSR count). The lowest BCUT2D eigenvalue weighted by Gasteiger charge is -2.41. The van der Waals surface area contributed by atoms with Crippen LogP contribution in [0.4, 0.5) is 0 Å². The summed E-state index contributed by atoms with van der Waals surface area (Å²) < 4.78 is 11.9. The molecule has 146 valence electrons. The van der Waals surface area contributed by atoms with E-state index in [9.17, 15) is 0 Å². The molecule has 1 heterocycles. The van der Waals surface area contributed by atoms with Gasteiger partial charge < -0.3 is 9.47 Å². The fourth-order valence-corrected chi connectivity index (χ4v) is 3.04. The zero-order valence-electron chi connectivity index (χ0n) is 17.9. The Morgan fingerprint density at radius 2 is 1.48 bits per heavy atom. The Morgan fingerprint density at radius 3 is 2.08 bits per heavy atom. The Balaban J connectivity index is 2.23. The molecule has 0 aromatic carbocycles. The molecule has 1 fully saturated rings. The molecule has 0 aliphatic carbocycles. The minimum Gasteiger partial charge on any atom is -0.350 e. The van der Waals surface area contributed by atoms with Gasteiger partial charge in [-0.3, -0.25) is 0 Å². The van der Waals surface area contributed by atoms with Crippen LogP contribution in [0.25, 0.3) is 0 Å². The van der Waals surface area contributed by atoms with Crippen LogP contribution in [0, 0.1) is 11.3 Å². The summed E-state index contributed by atoms with van der Waals surface area (Å²) in [5.41, 5.74) is 3.17. The van der Waals surface area contributed by atoms with Gasteiger partial charge in [0.2, 0.25) is 0 Å². The lowest BCUT2D eigenvalue weighted by molar-refractivity contribution is -0.291. The molecule has 2 nitrogen and oxygen atoms in total. The summed E-state index contributed by atoms with van der Waals surface area (Å²) >= 11 is 0. The number of ether oxygens (including phenoxy) is 2. The fraction of sp³-hybridized carbons (Fsp3) is 0.826. The molecule has 0 saturated carbocycles. The van der Waals surface area contributed by atoms with Gasteiger partial charge >= 0.3 is 0 Å². The smallest absolute Gasteiger partial charge is 0.165 e. The van der Waals surface area contributed by atoms with E-state index in [4.69, 9.17) is 9.47 Å². The van der Waals surface area contributed by atoms with Crippen molar-refractivity contribution >= 4 is 0 Å². The minimum atomic E-state index is -0.404. The van der Waals surface area contributed by atoms with Crippen molar-refractivity contribution in [3.63, 3.8) is 0 Å². The van der Waals surface area contributed by atoms with Gasteiger partial charge in [-0.15, -0.1) is 0 Å². The van der Waals surface area contributed by atoms with Crippen LogP contribution in [-0.2, 0) is 9.47 Å². The van der Waals surface area contributed by atoms with Gasteiger partial charge in [0.15, 0.2) is 5.79 Å². The molecule has 2 heteroatoms. The third-order valence-electron chi connectivity index (χ3n) is 5.01. The average Bonchev–Trinajstić information content (AvgIpc) is 2.50. The number of hydrogen-bond acceptors (Lipinski definition) is 2. The van der Waals surface area contributed by atoms with Gasteiger partial charge in [-0.25, -0.2) is 0 Å². The van der Waals surface area contributed by atoms with Crippen molar-refractivity contribution in [2.75, 3.05) is 13.2 Å². The van der Waals surface area contributed by atoms with Crippen molar-refractivity contribution in [1.29, 1.82) is 0 Å². The summed E-state index contributed by atoms with van der Waals surface area (Å²) in [6.07, 6.45) is 13.0. The van der Waals surface area contributed by atoms with E-state index in [1.807, 2.05) is 0 Å². The summed E-state index contributed by atoms with van der Waals surface area (Å²) in [5.74, 6) is 0.419. The molecule has 0 unspecified atom stereocenters. The first-order valence-corrected chi connectivity index (χ1v) is 10.2. The predicted octanol–water partition coefficient (Wildman–Crippen LogP) is 7.05. The summed E-state index contributed by atoms with van der Waals surface area (Å²) in [6.45, 7) is 17.2. The number of hydrogen-bond donors (Lipinski definition) is 0. The highest BCUT2D eigenvalue weighted by Crippen LogP contribution is 2.32. The molecule has 0 atom stereocenters. The highest BCUT2D eigenvalue weighted by atomic mass is 16.7. The maximum absolute atomic E-state index is 5.97. The molecule has 0 radical (unpaired) electrons. The molecule has 0 aromatic heterocycles. The molecular formula is C23H42O2. The monoisotopic (exact) mass is 350 g/mol. The van der Waals surface area contributed by atoms with E-state index < -0.39 is 5.79 Å². The first-order chi connectivity index (χ1) is 11.6. The summed E-state index contributed by atoms with van der Waals surface area (Å²) in [5, 5.41) is 0. The maximum Gasteiger partial charge on any atom is 0.165 e. The molecular weight excluding hydrogens is 308 g/mol. The Bertz CT molecular complexity index is 433. The Hall–Kier alpha value is -0.600. The van der Waals surface area contributed by atoms with Gasteiger partial charge in [-0.2, -0.15) is 0 Å². The second kappa shape index (κ2) is 10.5. The highest BCUT2D eigenvalue weighted by Gasteiger charge is 2.36. The van der Waals surface area contributed by atoms with Crippen molar-refractivity contribution in [1.82, 2.24) is 0 Å². The summed E-state index contributed by atoms with van der Waals surface area (Å²) in [7, 11) is 0. The van der Waals surface area contributed by atoms with E-state index in [1.165, 1.54) is 24.8 Å². The van der Waals surface area contributed by atoms with Crippen molar-refractivity contribution in [2.45, 2.75) is 99.2 Å². The van der Waals surface area contributed by atoms with Gasteiger partial charge in [0.25, 0.3) is 0 Å². The van der Waals surface area contributed by atoms with E-state index >= 15 is 0 Å². The van der Waals surface area contributed by atoms with Gasteiger partial charge in [-0.05, 0) is 58.8 Å². The topological polar surface area (TPSA) is 18.5 Å². The molecule has 0 aromatic rings. The van der Waals surface area contributed by atoms with Gasteiger partial charge in [0.05, 0.1) is 13.2 Å². The summed E-state index contributed by atoms with van der Waals surface area (Å²) in [6, 6.07) is 0.